The number of fused-ring (bicyclic) bond motifs is 1. The van der Waals surface area contributed by atoms with Gasteiger partial charge < -0.3 is 24.9 Å². The third kappa shape index (κ3) is 5.79. The van der Waals surface area contributed by atoms with Gasteiger partial charge in [0.2, 0.25) is 0 Å². The highest BCUT2D eigenvalue weighted by Crippen LogP contribution is 2.36. The molecule has 4 aromatic rings. The summed E-state index contributed by atoms with van der Waals surface area (Å²) >= 11 is 6.30. The average molecular weight is 545 g/mol. The topological polar surface area (TPSA) is 101 Å². The molecular weight excluding hydrogens is 519 g/mol. The van der Waals surface area contributed by atoms with Crippen LogP contribution < -0.4 is 14.8 Å². The summed E-state index contributed by atoms with van der Waals surface area (Å²) in [5.41, 5.74) is 2.84. The second-order valence-electron chi connectivity index (χ2n) is 8.39. The number of carbonyl (C=O) groups excluding carboxylic acids is 1. The minimum atomic E-state index is -1.31. The summed E-state index contributed by atoms with van der Waals surface area (Å²) in [6.07, 6.45) is 3.15. The number of hydrogen-bond donors (Lipinski definition) is 3. The third-order valence-corrected chi connectivity index (χ3v) is 6.99. The Balaban J connectivity index is 1.88. The highest BCUT2D eigenvalue weighted by Gasteiger charge is 2.28. The Morgan fingerprint density at radius 1 is 1.22 bits per heavy atom. The highest BCUT2D eigenvalue weighted by atomic mass is 35.5. The van der Waals surface area contributed by atoms with Crippen molar-refractivity contribution in [2.75, 3.05) is 31.9 Å². The fraction of sp³-hybridized carbons (Fsp3) is 0.222. The first kappa shape index (κ1) is 26.7. The Bertz CT molecular complexity index is 1490. The maximum absolute atomic E-state index is 14.2. The quantitative estimate of drug-likeness (QED) is 0.230. The summed E-state index contributed by atoms with van der Waals surface area (Å²) in [6, 6.07) is 11.3. The first-order valence-electron chi connectivity index (χ1n) is 11.4. The molecule has 37 heavy (non-hydrogen) atoms. The van der Waals surface area contributed by atoms with E-state index < -0.39 is 22.7 Å². The highest BCUT2D eigenvalue weighted by molar-refractivity contribution is 7.84. The Morgan fingerprint density at radius 2 is 2.00 bits per heavy atom. The largest absolute Gasteiger partial charge is 0.497 e. The van der Waals surface area contributed by atoms with Gasteiger partial charge in [-0.15, -0.1) is 0 Å². The molecule has 194 valence electrons. The number of anilines is 1. The molecule has 10 heteroatoms. The van der Waals surface area contributed by atoms with Crippen LogP contribution in [0, 0.1) is 12.7 Å². The second-order valence-corrected chi connectivity index (χ2v) is 10.2. The Hall–Kier alpha value is -3.40. The van der Waals surface area contributed by atoms with E-state index >= 15 is 0 Å². The van der Waals surface area contributed by atoms with Crippen molar-refractivity contribution in [2.24, 2.45) is 0 Å². The van der Waals surface area contributed by atoms with Crippen LogP contribution in [-0.4, -0.2) is 46.7 Å². The molecule has 2 unspecified atom stereocenters. The zero-order chi connectivity index (χ0) is 26.7. The van der Waals surface area contributed by atoms with Crippen LogP contribution in [0.3, 0.4) is 0 Å². The van der Waals surface area contributed by atoms with E-state index in [1.807, 2.05) is 6.92 Å². The summed E-state index contributed by atoms with van der Waals surface area (Å²) in [4.78, 5) is 17.8. The number of H-pyrrole nitrogens is 1. The number of aliphatic hydroxyl groups is 1. The van der Waals surface area contributed by atoms with Gasteiger partial charge in [0.1, 0.15) is 30.0 Å². The van der Waals surface area contributed by atoms with Gasteiger partial charge in [-0.3, -0.25) is 9.00 Å². The molecule has 0 bridgehead atoms. The molecule has 1 heterocycles. The first-order valence-corrected chi connectivity index (χ1v) is 13.3. The third-order valence-electron chi connectivity index (χ3n) is 5.87. The Kier molecular flexibility index (Phi) is 8.16. The standard InChI is InChI=1S/C27H26ClFN2O5S/c1-15-8-16(28)9-22-23(14-30-25(15)22)27(33)26(21-5-4-17(29)10-24(21)36-7-6-32)31-18-11-19(35-2)13-20(12-18)37(3)34/h4-5,8-14,26,30-32H,6-7H2,1-3H3. The second kappa shape index (κ2) is 11.3. The Morgan fingerprint density at radius 3 is 2.70 bits per heavy atom. The van der Waals surface area contributed by atoms with Crippen molar-refractivity contribution < 1.29 is 28.0 Å². The molecule has 3 aromatic carbocycles. The maximum atomic E-state index is 14.2. The van der Waals surface area contributed by atoms with Crippen LogP contribution in [0.4, 0.5) is 10.1 Å². The number of ketones is 1. The van der Waals surface area contributed by atoms with Crippen molar-refractivity contribution in [2.45, 2.75) is 17.9 Å². The predicted molar refractivity (Wildman–Crippen MR) is 143 cm³/mol. The molecule has 0 spiro atoms. The smallest absolute Gasteiger partial charge is 0.191 e. The van der Waals surface area contributed by atoms with Gasteiger partial charge in [0, 0.05) is 73.0 Å². The number of ether oxygens (including phenoxy) is 2. The van der Waals surface area contributed by atoms with Crippen LogP contribution in [0.15, 0.2) is 59.6 Å². The number of methoxy groups -OCH3 is 1. The van der Waals surface area contributed by atoms with Crippen molar-refractivity contribution >= 4 is 44.8 Å². The summed E-state index contributed by atoms with van der Waals surface area (Å²) < 4.78 is 37.3. The van der Waals surface area contributed by atoms with Gasteiger partial charge in [0.25, 0.3) is 0 Å². The molecule has 3 N–H and O–H groups in total. The van der Waals surface area contributed by atoms with Crippen molar-refractivity contribution in [1.82, 2.24) is 4.98 Å². The van der Waals surface area contributed by atoms with Gasteiger partial charge >= 0.3 is 0 Å². The number of rotatable bonds is 10. The van der Waals surface area contributed by atoms with E-state index in [-0.39, 0.29) is 24.7 Å². The predicted octanol–water partition coefficient (Wildman–Crippen LogP) is 5.42. The molecule has 0 saturated carbocycles. The first-order chi connectivity index (χ1) is 17.7. The molecule has 0 amide bonds. The molecule has 0 fully saturated rings. The number of halogens is 2. The van der Waals surface area contributed by atoms with Gasteiger partial charge in [-0.2, -0.15) is 0 Å². The lowest BCUT2D eigenvalue weighted by Crippen LogP contribution is -2.22. The van der Waals surface area contributed by atoms with E-state index in [1.165, 1.54) is 25.3 Å². The van der Waals surface area contributed by atoms with Crippen molar-refractivity contribution in [3.63, 3.8) is 0 Å². The van der Waals surface area contributed by atoms with Gasteiger partial charge in [-0.05, 0) is 48.9 Å². The van der Waals surface area contributed by atoms with Crippen LogP contribution in [0.5, 0.6) is 11.5 Å². The number of benzene rings is 3. The minimum absolute atomic E-state index is 0.0859. The van der Waals surface area contributed by atoms with Crippen molar-refractivity contribution in [3.05, 3.63) is 82.3 Å². The average Bonchev–Trinajstić information content (AvgIpc) is 3.30. The lowest BCUT2D eigenvalue weighted by molar-refractivity contribution is 0.0969. The van der Waals surface area contributed by atoms with Crippen LogP contribution in [0.1, 0.15) is 27.5 Å². The Labute approximate surface area is 221 Å². The molecule has 0 aliphatic carbocycles. The number of aryl methyl sites for hydroxylation is 1. The SMILES string of the molecule is COc1cc(NC(C(=O)c2c[nH]c3c(C)cc(Cl)cc23)c2ccc(F)cc2OCCO)cc(S(C)=O)c1. The van der Waals surface area contributed by atoms with Gasteiger partial charge in [-0.25, -0.2) is 4.39 Å². The summed E-state index contributed by atoms with van der Waals surface area (Å²) in [6.45, 7) is 1.51. The van der Waals surface area contributed by atoms with Gasteiger partial charge in [0.05, 0.1) is 13.7 Å². The van der Waals surface area contributed by atoms with E-state index in [2.05, 4.69) is 10.3 Å². The van der Waals surface area contributed by atoms with Gasteiger partial charge in [-0.1, -0.05) is 11.6 Å². The number of nitrogens with one attached hydrogen (secondary N) is 2. The normalized spacial score (nSPS) is 12.8. The molecule has 0 aliphatic heterocycles. The monoisotopic (exact) mass is 544 g/mol. The number of Topliss-reactive ketones (excluding diaryl/α,β-unsaturated/α-hetero) is 1. The maximum Gasteiger partial charge on any atom is 0.191 e. The molecule has 7 nitrogen and oxygen atoms in total. The lowest BCUT2D eigenvalue weighted by Gasteiger charge is -2.23. The molecule has 4 rings (SSSR count). The van der Waals surface area contributed by atoms with Crippen LogP contribution in [0.2, 0.25) is 5.02 Å². The molecule has 2 atom stereocenters. The zero-order valence-corrected chi connectivity index (χ0v) is 22.0. The summed E-state index contributed by atoms with van der Waals surface area (Å²) in [5.74, 6) is -0.333. The fourth-order valence-corrected chi connectivity index (χ4v) is 4.99. The lowest BCUT2D eigenvalue weighted by atomic mass is 9.95. The summed E-state index contributed by atoms with van der Waals surface area (Å²) in [5, 5.41) is 13.6. The number of aliphatic hydroxyl groups excluding tert-OH is 1. The molecule has 0 saturated heterocycles. The number of hydrogen-bond acceptors (Lipinski definition) is 6. The number of aromatic nitrogens is 1. The molecule has 0 aliphatic rings. The number of aromatic amines is 1. The summed E-state index contributed by atoms with van der Waals surface area (Å²) in [7, 11) is 0.176. The molecular formula is C27H26ClFN2O5S. The molecule has 0 radical (unpaired) electrons. The van der Waals surface area contributed by atoms with Gasteiger partial charge in [0.15, 0.2) is 5.78 Å². The molecule has 1 aromatic heterocycles. The fourth-order valence-electron chi connectivity index (χ4n) is 4.15. The van der Waals surface area contributed by atoms with Crippen molar-refractivity contribution in [3.8, 4) is 11.5 Å². The zero-order valence-electron chi connectivity index (χ0n) is 20.4. The van der Waals surface area contributed by atoms with E-state index in [1.54, 1.807) is 42.8 Å². The van der Waals surface area contributed by atoms with Crippen LogP contribution in [-0.2, 0) is 10.8 Å². The van der Waals surface area contributed by atoms with Crippen molar-refractivity contribution in [1.29, 1.82) is 0 Å². The van der Waals surface area contributed by atoms with E-state index in [0.717, 1.165) is 11.1 Å². The number of carbonyl (C=O) groups is 1. The van der Waals surface area contributed by atoms with E-state index in [0.29, 0.717) is 37.9 Å². The van der Waals surface area contributed by atoms with E-state index in [4.69, 9.17) is 21.1 Å². The van der Waals surface area contributed by atoms with E-state index in [9.17, 15) is 18.5 Å². The minimum Gasteiger partial charge on any atom is -0.497 e. The van der Waals surface area contributed by atoms with Crippen LogP contribution >= 0.6 is 11.6 Å². The van der Waals surface area contributed by atoms with Crippen LogP contribution in [0.25, 0.3) is 10.9 Å².